The molecule has 0 unspecified atom stereocenters. The van der Waals surface area contributed by atoms with Crippen molar-refractivity contribution in [2.24, 2.45) is 5.92 Å². The third-order valence-electron chi connectivity index (χ3n) is 4.10. The number of thiazole rings is 1. The van der Waals surface area contributed by atoms with Crippen molar-refractivity contribution in [2.75, 3.05) is 19.6 Å². The van der Waals surface area contributed by atoms with Crippen molar-refractivity contribution in [3.05, 3.63) is 16.1 Å². The van der Waals surface area contributed by atoms with Crippen LogP contribution in [0.2, 0.25) is 0 Å². The first-order valence-electron chi connectivity index (χ1n) is 7.17. The molecule has 1 saturated carbocycles. The third-order valence-corrected chi connectivity index (χ3v) is 5.02. The van der Waals surface area contributed by atoms with E-state index in [0.29, 0.717) is 12.0 Å². The lowest BCUT2D eigenvalue weighted by atomic mass is 9.97. The summed E-state index contributed by atoms with van der Waals surface area (Å²) >= 11 is 1.48. The van der Waals surface area contributed by atoms with Crippen molar-refractivity contribution in [1.82, 2.24) is 15.2 Å². The molecule has 1 aliphatic carbocycles. The number of carbonyl (C=O) groups is 1. The summed E-state index contributed by atoms with van der Waals surface area (Å²) in [7, 11) is 0. The Morgan fingerprint density at radius 3 is 2.74 bits per heavy atom. The molecule has 2 aliphatic rings. The number of hydrogen-bond donors (Lipinski definition) is 1. The summed E-state index contributed by atoms with van der Waals surface area (Å²) in [6.07, 6.45) is 4.74. The fourth-order valence-corrected chi connectivity index (χ4v) is 3.52. The van der Waals surface area contributed by atoms with E-state index < -0.39 is 0 Å². The number of carbonyl (C=O) groups excluding carboxylic acids is 1. The summed E-state index contributed by atoms with van der Waals surface area (Å²) in [5, 5.41) is 3.39. The standard InChI is InChI=1S/C14H21N3OS/c1-10-13(19-9-16-10)14(18)17(12-2-3-12)8-11-4-6-15-7-5-11/h9,11-12,15H,2-8H2,1H3. The van der Waals surface area contributed by atoms with E-state index in [0.717, 1.165) is 30.2 Å². The Balaban J connectivity index is 1.70. The van der Waals surface area contributed by atoms with Crippen molar-refractivity contribution >= 4 is 17.2 Å². The zero-order chi connectivity index (χ0) is 13.2. The van der Waals surface area contributed by atoms with Crippen LogP contribution < -0.4 is 5.32 Å². The minimum absolute atomic E-state index is 0.209. The molecule has 3 rings (SSSR count). The van der Waals surface area contributed by atoms with Crippen LogP contribution >= 0.6 is 11.3 Å². The third kappa shape index (κ3) is 2.98. The number of hydrogen-bond acceptors (Lipinski definition) is 4. The van der Waals surface area contributed by atoms with Crippen molar-refractivity contribution in [2.45, 2.75) is 38.6 Å². The lowest BCUT2D eigenvalue weighted by Crippen LogP contribution is -2.40. The van der Waals surface area contributed by atoms with Gasteiger partial charge in [-0.2, -0.15) is 0 Å². The fourth-order valence-electron chi connectivity index (χ4n) is 2.76. The van der Waals surface area contributed by atoms with Crippen molar-refractivity contribution < 1.29 is 4.79 Å². The predicted molar refractivity (Wildman–Crippen MR) is 76.5 cm³/mol. The number of nitrogens with one attached hydrogen (secondary N) is 1. The van der Waals surface area contributed by atoms with Gasteiger partial charge in [-0.3, -0.25) is 4.79 Å². The van der Waals surface area contributed by atoms with Gasteiger partial charge in [0.2, 0.25) is 0 Å². The Morgan fingerprint density at radius 2 is 2.16 bits per heavy atom. The van der Waals surface area contributed by atoms with Crippen LogP contribution in [0.5, 0.6) is 0 Å². The first-order valence-corrected chi connectivity index (χ1v) is 8.05. The van der Waals surface area contributed by atoms with Gasteiger partial charge in [-0.25, -0.2) is 4.98 Å². The van der Waals surface area contributed by atoms with E-state index in [9.17, 15) is 4.79 Å². The van der Waals surface area contributed by atoms with Crippen LogP contribution in [0, 0.1) is 12.8 Å². The smallest absolute Gasteiger partial charge is 0.266 e. The molecule has 1 aromatic rings. The molecule has 1 saturated heterocycles. The minimum Gasteiger partial charge on any atom is -0.335 e. The lowest BCUT2D eigenvalue weighted by molar-refractivity contribution is 0.0705. The highest BCUT2D eigenvalue weighted by Gasteiger charge is 2.35. The minimum atomic E-state index is 0.209. The second-order valence-corrected chi connectivity index (χ2v) is 6.50. The monoisotopic (exact) mass is 279 g/mol. The average Bonchev–Trinajstić information content (AvgIpc) is 3.18. The molecule has 1 N–H and O–H groups in total. The highest BCUT2D eigenvalue weighted by atomic mass is 32.1. The normalized spacial score (nSPS) is 20.5. The van der Waals surface area contributed by atoms with Gasteiger partial charge in [-0.05, 0) is 51.6 Å². The molecule has 0 bridgehead atoms. The van der Waals surface area contributed by atoms with Crippen LogP contribution in [0.25, 0.3) is 0 Å². The number of piperidine rings is 1. The molecular weight excluding hydrogens is 258 g/mol. The molecule has 4 nitrogen and oxygen atoms in total. The summed E-state index contributed by atoms with van der Waals surface area (Å²) < 4.78 is 0. The molecule has 5 heteroatoms. The molecule has 0 spiro atoms. The van der Waals surface area contributed by atoms with Gasteiger partial charge < -0.3 is 10.2 Å². The first-order chi connectivity index (χ1) is 9.25. The number of aromatic nitrogens is 1. The number of rotatable bonds is 4. The molecule has 0 atom stereocenters. The van der Waals surface area contributed by atoms with Crippen molar-refractivity contribution in [1.29, 1.82) is 0 Å². The van der Waals surface area contributed by atoms with E-state index in [-0.39, 0.29) is 5.91 Å². The van der Waals surface area contributed by atoms with Crippen LogP contribution in [0.15, 0.2) is 5.51 Å². The summed E-state index contributed by atoms with van der Waals surface area (Å²) in [5.74, 6) is 0.875. The number of nitrogens with zero attached hydrogens (tertiary/aromatic N) is 2. The maximum absolute atomic E-state index is 12.7. The highest BCUT2D eigenvalue weighted by molar-refractivity contribution is 7.11. The summed E-state index contributed by atoms with van der Waals surface area (Å²) in [5.41, 5.74) is 2.66. The second kappa shape index (κ2) is 5.59. The van der Waals surface area contributed by atoms with Gasteiger partial charge >= 0.3 is 0 Å². The number of aryl methyl sites for hydroxylation is 1. The molecule has 104 valence electrons. The van der Waals surface area contributed by atoms with E-state index in [4.69, 9.17) is 0 Å². The average molecular weight is 279 g/mol. The van der Waals surface area contributed by atoms with Gasteiger partial charge in [-0.15, -0.1) is 11.3 Å². The zero-order valence-electron chi connectivity index (χ0n) is 11.4. The van der Waals surface area contributed by atoms with Crippen LogP contribution in [-0.2, 0) is 0 Å². The molecule has 1 aliphatic heterocycles. The van der Waals surface area contributed by atoms with Gasteiger partial charge in [-0.1, -0.05) is 0 Å². The molecular formula is C14H21N3OS. The summed E-state index contributed by atoms with van der Waals surface area (Å²) in [6.45, 7) is 5.05. The molecule has 0 radical (unpaired) electrons. The van der Waals surface area contributed by atoms with Crippen LogP contribution in [0.3, 0.4) is 0 Å². The van der Waals surface area contributed by atoms with E-state index >= 15 is 0 Å². The maximum atomic E-state index is 12.7. The molecule has 1 amide bonds. The summed E-state index contributed by atoms with van der Waals surface area (Å²) in [4.78, 5) is 19.8. The topological polar surface area (TPSA) is 45.2 Å². The van der Waals surface area contributed by atoms with Crippen LogP contribution in [0.1, 0.15) is 41.0 Å². The van der Waals surface area contributed by atoms with Crippen LogP contribution in [0.4, 0.5) is 0 Å². The van der Waals surface area contributed by atoms with E-state index in [1.807, 2.05) is 6.92 Å². The second-order valence-electron chi connectivity index (χ2n) is 5.65. The van der Waals surface area contributed by atoms with Gasteiger partial charge in [0.15, 0.2) is 0 Å². The van der Waals surface area contributed by atoms with Crippen molar-refractivity contribution in [3.63, 3.8) is 0 Å². The largest absolute Gasteiger partial charge is 0.335 e. The molecule has 1 aromatic heterocycles. The van der Waals surface area contributed by atoms with Gasteiger partial charge in [0.05, 0.1) is 11.2 Å². The van der Waals surface area contributed by atoms with Gasteiger partial charge in [0, 0.05) is 12.6 Å². The SMILES string of the molecule is Cc1ncsc1C(=O)N(CC1CCNCC1)C1CC1. The lowest BCUT2D eigenvalue weighted by Gasteiger charge is -2.30. The summed E-state index contributed by atoms with van der Waals surface area (Å²) in [6, 6.07) is 0.490. The molecule has 2 fully saturated rings. The Hall–Kier alpha value is -0.940. The highest BCUT2D eigenvalue weighted by Crippen LogP contribution is 2.31. The van der Waals surface area contributed by atoms with Crippen LogP contribution in [-0.4, -0.2) is 41.5 Å². The molecule has 0 aromatic carbocycles. The fraction of sp³-hybridized carbons (Fsp3) is 0.714. The first kappa shape index (κ1) is 13.1. The van der Waals surface area contributed by atoms with E-state index in [1.54, 1.807) is 5.51 Å². The molecule has 19 heavy (non-hydrogen) atoms. The van der Waals surface area contributed by atoms with Gasteiger partial charge in [0.1, 0.15) is 4.88 Å². The van der Waals surface area contributed by atoms with Crippen molar-refractivity contribution in [3.8, 4) is 0 Å². The number of amides is 1. The predicted octanol–water partition coefficient (Wildman–Crippen LogP) is 2.06. The van der Waals surface area contributed by atoms with E-state index in [1.165, 1.54) is 37.0 Å². The van der Waals surface area contributed by atoms with E-state index in [2.05, 4.69) is 15.2 Å². The Labute approximate surface area is 118 Å². The Bertz CT molecular complexity index is 449. The maximum Gasteiger partial charge on any atom is 0.266 e. The zero-order valence-corrected chi connectivity index (χ0v) is 12.2. The Kier molecular flexibility index (Phi) is 3.84. The van der Waals surface area contributed by atoms with Gasteiger partial charge in [0.25, 0.3) is 5.91 Å². The Morgan fingerprint density at radius 1 is 1.42 bits per heavy atom. The molecule has 2 heterocycles. The quantitative estimate of drug-likeness (QED) is 0.917.